The summed E-state index contributed by atoms with van der Waals surface area (Å²) >= 11 is 6.04. The second-order valence-electron chi connectivity index (χ2n) is 6.98. The molecule has 6 nitrogen and oxygen atoms in total. The molecule has 0 amide bonds. The first kappa shape index (κ1) is 21.5. The molecule has 8 heteroatoms. The summed E-state index contributed by atoms with van der Waals surface area (Å²) in [5.74, 6) is 1.54. The molecule has 1 heterocycles. The van der Waals surface area contributed by atoms with E-state index in [9.17, 15) is 9.50 Å². The molecular formula is C24H20ClFN2O4. The van der Waals surface area contributed by atoms with Gasteiger partial charge in [0.15, 0.2) is 17.2 Å². The third kappa shape index (κ3) is 4.48. The molecule has 0 aliphatic heterocycles. The Morgan fingerprint density at radius 1 is 1.06 bits per heavy atom. The molecule has 0 fully saturated rings. The van der Waals surface area contributed by atoms with Crippen LogP contribution in [0.15, 0.2) is 60.7 Å². The van der Waals surface area contributed by atoms with Crippen molar-refractivity contribution in [2.24, 2.45) is 0 Å². The molecule has 0 atom stereocenters. The summed E-state index contributed by atoms with van der Waals surface area (Å²) < 4.78 is 30.3. The summed E-state index contributed by atoms with van der Waals surface area (Å²) in [6.07, 6.45) is 0. The van der Waals surface area contributed by atoms with Gasteiger partial charge in [0.2, 0.25) is 0 Å². The van der Waals surface area contributed by atoms with Gasteiger partial charge >= 0.3 is 0 Å². The molecule has 0 aliphatic rings. The topological polar surface area (TPSA) is 76.6 Å². The number of phenolic OH excluding ortho intramolecular Hbond substituents is 1. The zero-order valence-electron chi connectivity index (χ0n) is 17.4. The minimum Gasteiger partial charge on any atom is -0.507 e. The average Bonchev–Trinajstić information content (AvgIpc) is 3.13. The number of ether oxygens (including phenoxy) is 3. The fourth-order valence-electron chi connectivity index (χ4n) is 3.14. The molecule has 32 heavy (non-hydrogen) atoms. The van der Waals surface area contributed by atoms with Gasteiger partial charge in [-0.1, -0.05) is 29.8 Å². The van der Waals surface area contributed by atoms with Gasteiger partial charge in [-0.15, -0.1) is 0 Å². The lowest BCUT2D eigenvalue weighted by atomic mass is 10.1. The van der Waals surface area contributed by atoms with Crippen LogP contribution in [0.25, 0.3) is 11.3 Å². The van der Waals surface area contributed by atoms with E-state index in [-0.39, 0.29) is 17.4 Å². The maximum Gasteiger partial charge on any atom is 0.176 e. The molecule has 0 aliphatic carbocycles. The van der Waals surface area contributed by atoms with Gasteiger partial charge < -0.3 is 19.3 Å². The zero-order chi connectivity index (χ0) is 22.7. The molecule has 2 N–H and O–H groups in total. The number of H-pyrrole nitrogens is 1. The molecular weight excluding hydrogens is 435 g/mol. The number of phenols is 1. The van der Waals surface area contributed by atoms with Gasteiger partial charge in [0.05, 0.1) is 17.8 Å². The number of aromatic amines is 1. The van der Waals surface area contributed by atoms with Gasteiger partial charge in [0.25, 0.3) is 0 Å². The normalized spacial score (nSPS) is 10.8. The Bertz CT molecular complexity index is 1260. The van der Waals surface area contributed by atoms with E-state index >= 15 is 0 Å². The standard InChI is InChI=1S/C24H20ClFN2O4/c1-14-24(32-22-6-4-3-5-21(22)30-2)23(28-27-14)18-10-9-17(12-20(18)29)31-13-15-7-8-16(26)11-19(15)25/h3-12,29H,13H2,1-2H3,(H,27,28). The molecule has 0 saturated carbocycles. The van der Waals surface area contributed by atoms with Crippen molar-refractivity contribution in [2.75, 3.05) is 7.11 Å². The number of para-hydroxylation sites is 2. The van der Waals surface area contributed by atoms with Gasteiger partial charge in [0, 0.05) is 17.2 Å². The number of nitrogens with zero attached hydrogens (tertiary/aromatic N) is 1. The number of nitrogens with one attached hydrogen (secondary N) is 1. The molecule has 0 bridgehead atoms. The lowest BCUT2D eigenvalue weighted by molar-refractivity contribution is 0.304. The van der Waals surface area contributed by atoms with Crippen molar-refractivity contribution in [3.8, 4) is 40.0 Å². The SMILES string of the molecule is COc1ccccc1Oc1c(-c2ccc(OCc3ccc(F)cc3Cl)cc2O)n[nH]c1C. The van der Waals surface area contributed by atoms with Crippen LogP contribution in [0.1, 0.15) is 11.3 Å². The Balaban J connectivity index is 1.57. The Morgan fingerprint density at radius 3 is 2.56 bits per heavy atom. The highest BCUT2D eigenvalue weighted by Gasteiger charge is 2.19. The van der Waals surface area contributed by atoms with E-state index in [0.29, 0.717) is 45.5 Å². The summed E-state index contributed by atoms with van der Waals surface area (Å²) in [5.41, 5.74) is 2.23. The van der Waals surface area contributed by atoms with Crippen molar-refractivity contribution in [2.45, 2.75) is 13.5 Å². The van der Waals surface area contributed by atoms with Crippen LogP contribution >= 0.6 is 11.6 Å². The van der Waals surface area contributed by atoms with E-state index in [1.807, 2.05) is 19.1 Å². The number of benzene rings is 3. The van der Waals surface area contributed by atoms with Crippen LogP contribution in [-0.4, -0.2) is 22.4 Å². The first-order valence-corrected chi connectivity index (χ1v) is 10.1. The highest BCUT2D eigenvalue weighted by Crippen LogP contribution is 2.41. The minimum absolute atomic E-state index is 0.0379. The van der Waals surface area contributed by atoms with Crippen LogP contribution in [0, 0.1) is 12.7 Å². The third-order valence-electron chi connectivity index (χ3n) is 4.81. The van der Waals surface area contributed by atoms with Crippen LogP contribution in [-0.2, 0) is 6.61 Å². The summed E-state index contributed by atoms with van der Waals surface area (Å²) in [5, 5.41) is 18.1. The van der Waals surface area contributed by atoms with Gasteiger partial charge in [0.1, 0.15) is 29.6 Å². The number of rotatable bonds is 7. The highest BCUT2D eigenvalue weighted by atomic mass is 35.5. The molecule has 164 valence electrons. The van der Waals surface area contributed by atoms with E-state index in [0.717, 1.165) is 0 Å². The Morgan fingerprint density at radius 2 is 1.84 bits per heavy atom. The summed E-state index contributed by atoms with van der Waals surface area (Å²) in [4.78, 5) is 0. The van der Waals surface area contributed by atoms with E-state index < -0.39 is 5.82 Å². The van der Waals surface area contributed by atoms with Crippen molar-refractivity contribution in [1.29, 1.82) is 0 Å². The maximum absolute atomic E-state index is 13.2. The zero-order valence-corrected chi connectivity index (χ0v) is 18.1. The monoisotopic (exact) mass is 454 g/mol. The van der Waals surface area contributed by atoms with Crippen LogP contribution in [0.3, 0.4) is 0 Å². The van der Waals surface area contributed by atoms with Gasteiger partial charge in [-0.05, 0) is 43.3 Å². The van der Waals surface area contributed by atoms with Gasteiger partial charge in [-0.25, -0.2) is 4.39 Å². The van der Waals surface area contributed by atoms with Crippen molar-refractivity contribution in [3.05, 3.63) is 82.8 Å². The largest absolute Gasteiger partial charge is 0.507 e. The fourth-order valence-corrected chi connectivity index (χ4v) is 3.36. The second kappa shape index (κ2) is 9.20. The fraction of sp³-hybridized carbons (Fsp3) is 0.125. The third-order valence-corrected chi connectivity index (χ3v) is 5.16. The molecule has 4 aromatic rings. The van der Waals surface area contributed by atoms with E-state index in [1.54, 1.807) is 37.4 Å². The average molecular weight is 455 g/mol. The molecule has 0 saturated heterocycles. The van der Waals surface area contributed by atoms with E-state index in [2.05, 4.69) is 10.2 Å². The molecule has 1 aromatic heterocycles. The Labute approximate surface area is 189 Å². The van der Waals surface area contributed by atoms with E-state index in [4.69, 9.17) is 25.8 Å². The molecule has 4 rings (SSSR count). The first-order chi connectivity index (χ1) is 15.5. The van der Waals surface area contributed by atoms with Crippen LogP contribution in [0.4, 0.5) is 4.39 Å². The number of hydrogen-bond acceptors (Lipinski definition) is 5. The number of methoxy groups -OCH3 is 1. The number of aryl methyl sites for hydroxylation is 1. The van der Waals surface area contributed by atoms with Gasteiger partial charge in [-0.2, -0.15) is 5.10 Å². The molecule has 3 aromatic carbocycles. The maximum atomic E-state index is 13.2. The molecule has 0 spiro atoms. The van der Waals surface area contributed by atoms with Crippen molar-refractivity contribution in [1.82, 2.24) is 10.2 Å². The highest BCUT2D eigenvalue weighted by molar-refractivity contribution is 6.31. The minimum atomic E-state index is -0.416. The lowest BCUT2D eigenvalue weighted by Gasteiger charge is -2.12. The number of aromatic hydroxyl groups is 1. The predicted octanol–water partition coefficient (Wildman–Crippen LogP) is 6.26. The number of aromatic nitrogens is 2. The van der Waals surface area contributed by atoms with Crippen molar-refractivity contribution >= 4 is 11.6 Å². The summed E-state index contributed by atoms with van der Waals surface area (Å²) in [6, 6.07) is 16.2. The second-order valence-corrected chi connectivity index (χ2v) is 7.39. The number of hydrogen-bond donors (Lipinski definition) is 2. The predicted molar refractivity (Wildman–Crippen MR) is 119 cm³/mol. The van der Waals surface area contributed by atoms with Crippen molar-refractivity contribution in [3.63, 3.8) is 0 Å². The quantitative estimate of drug-likeness (QED) is 0.344. The lowest BCUT2D eigenvalue weighted by Crippen LogP contribution is -1.97. The van der Waals surface area contributed by atoms with Crippen LogP contribution < -0.4 is 14.2 Å². The first-order valence-electron chi connectivity index (χ1n) is 9.72. The summed E-state index contributed by atoms with van der Waals surface area (Å²) in [6.45, 7) is 1.95. The summed E-state index contributed by atoms with van der Waals surface area (Å²) in [7, 11) is 1.56. The smallest absolute Gasteiger partial charge is 0.176 e. The number of halogens is 2. The van der Waals surface area contributed by atoms with Crippen LogP contribution in [0.5, 0.6) is 28.7 Å². The Kier molecular flexibility index (Phi) is 6.18. The van der Waals surface area contributed by atoms with Gasteiger partial charge in [-0.3, -0.25) is 5.10 Å². The molecule has 0 radical (unpaired) electrons. The van der Waals surface area contributed by atoms with Crippen LogP contribution in [0.2, 0.25) is 5.02 Å². The molecule has 0 unspecified atom stereocenters. The Hall–Kier alpha value is -3.71. The van der Waals surface area contributed by atoms with Crippen molar-refractivity contribution < 1.29 is 23.7 Å². The van der Waals surface area contributed by atoms with E-state index in [1.165, 1.54) is 18.2 Å².